The lowest BCUT2D eigenvalue weighted by Gasteiger charge is -2.34. The van der Waals surface area contributed by atoms with Crippen LogP contribution in [-0.2, 0) is 20.7 Å². The van der Waals surface area contributed by atoms with Crippen LogP contribution in [0.4, 0.5) is 17.6 Å². The number of amides is 1. The predicted octanol–water partition coefficient (Wildman–Crippen LogP) is 1.92. The molecule has 0 bridgehead atoms. The summed E-state index contributed by atoms with van der Waals surface area (Å²) in [6.45, 7) is 1.47. The first kappa shape index (κ1) is 19.9. The summed E-state index contributed by atoms with van der Waals surface area (Å²) in [5, 5.41) is 3.54. The van der Waals surface area contributed by atoms with E-state index in [0.29, 0.717) is 0 Å². The highest BCUT2D eigenvalue weighted by Gasteiger charge is 2.62. The second-order valence-corrected chi connectivity index (χ2v) is 4.92. The highest BCUT2D eigenvalue weighted by molar-refractivity contribution is 5.87. The molecule has 0 saturated carbocycles. The van der Waals surface area contributed by atoms with Crippen molar-refractivity contribution in [1.29, 1.82) is 0 Å². The van der Waals surface area contributed by atoms with Crippen LogP contribution in [0.5, 0.6) is 0 Å². The molecule has 0 aliphatic carbocycles. The number of nitrogens with one attached hydrogen (secondary N) is 2. The SMILES string of the molecule is CCOC(=O)[C@@](NCCc1ccccc1F)(NC(C)=O)C(F)(F)F. The minimum absolute atomic E-state index is 0.122. The van der Waals surface area contributed by atoms with Crippen molar-refractivity contribution in [3.8, 4) is 0 Å². The molecule has 2 N–H and O–H groups in total. The summed E-state index contributed by atoms with van der Waals surface area (Å²) in [5.41, 5.74) is -3.21. The van der Waals surface area contributed by atoms with Crippen molar-refractivity contribution >= 4 is 11.9 Å². The highest BCUT2D eigenvalue weighted by atomic mass is 19.4. The molecule has 134 valence electrons. The maximum absolute atomic E-state index is 13.5. The van der Waals surface area contributed by atoms with E-state index in [-0.39, 0.29) is 18.6 Å². The molecule has 0 aliphatic rings. The number of hydrogen-bond donors (Lipinski definition) is 2. The lowest BCUT2D eigenvalue weighted by atomic mass is 10.1. The van der Waals surface area contributed by atoms with Crippen LogP contribution in [0.2, 0.25) is 0 Å². The molecule has 24 heavy (non-hydrogen) atoms. The number of rotatable bonds is 7. The molecule has 5 nitrogen and oxygen atoms in total. The van der Waals surface area contributed by atoms with E-state index in [0.717, 1.165) is 6.92 Å². The molecule has 0 aliphatic heterocycles. The largest absolute Gasteiger partial charge is 0.463 e. The summed E-state index contributed by atoms with van der Waals surface area (Å²) in [6, 6.07) is 5.57. The van der Waals surface area contributed by atoms with Crippen LogP contribution >= 0.6 is 0 Å². The van der Waals surface area contributed by atoms with Gasteiger partial charge in [-0.1, -0.05) is 18.2 Å². The number of ether oxygens (including phenoxy) is 1. The second-order valence-electron chi connectivity index (χ2n) is 4.92. The quantitative estimate of drug-likeness (QED) is 0.448. The van der Waals surface area contributed by atoms with Crippen LogP contribution in [0.15, 0.2) is 24.3 Å². The third kappa shape index (κ3) is 4.67. The zero-order valence-electron chi connectivity index (χ0n) is 13.2. The van der Waals surface area contributed by atoms with Crippen LogP contribution in [0.25, 0.3) is 0 Å². The molecule has 0 fully saturated rings. The third-order valence-electron chi connectivity index (χ3n) is 3.11. The number of halogens is 4. The normalized spacial score (nSPS) is 13.9. The summed E-state index contributed by atoms with van der Waals surface area (Å²) in [4.78, 5) is 23.0. The molecule has 0 radical (unpaired) electrons. The van der Waals surface area contributed by atoms with Crippen molar-refractivity contribution in [3.63, 3.8) is 0 Å². The summed E-state index contributed by atoms with van der Waals surface area (Å²) in [6.07, 6.45) is -5.27. The number of alkyl halides is 3. The average Bonchev–Trinajstić information content (AvgIpc) is 2.46. The van der Waals surface area contributed by atoms with Crippen molar-refractivity contribution in [2.45, 2.75) is 32.1 Å². The molecule has 0 unspecified atom stereocenters. The molecule has 1 rings (SSSR count). The van der Waals surface area contributed by atoms with E-state index >= 15 is 0 Å². The van der Waals surface area contributed by atoms with E-state index in [4.69, 9.17) is 0 Å². The van der Waals surface area contributed by atoms with E-state index in [1.807, 2.05) is 5.32 Å². The van der Waals surface area contributed by atoms with Crippen molar-refractivity contribution in [1.82, 2.24) is 10.6 Å². The van der Waals surface area contributed by atoms with E-state index < -0.39 is 36.1 Å². The maximum atomic E-state index is 13.5. The Labute approximate surface area is 136 Å². The molecular weight excluding hydrogens is 332 g/mol. The smallest absolute Gasteiger partial charge is 0.436 e. The summed E-state index contributed by atoms with van der Waals surface area (Å²) >= 11 is 0. The van der Waals surface area contributed by atoms with Crippen molar-refractivity contribution in [2.75, 3.05) is 13.2 Å². The average molecular weight is 350 g/mol. The fourth-order valence-corrected chi connectivity index (χ4v) is 2.04. The van der Waals surface area contributed by atoms with Gasteiger partial charge in [0.2, 0.25) is 5.91 Å². The van der Waals surface area contributed by atoms with Crippen LogP contribution in [0, 0.1) is 5.82 Å². The van der Waals surface area contributed by atoms with Gasteiger partial charge in [0.15, 0.2) is 0 Å². The first-order chi connectivity index (χ1) is 11.1. The van der Waals surface area contributed by atoms with Gasteiger partial charge >= 0.3 is 12.1 Å². The highest BCUT2D eigenvalue weighted by Crippen LogP contribution is 2.30. The van der Waals surface area contributed by atoms with Gasteiger partial charge < -0.3 is 10.1 Å². The molecule has 0 heterocycles. The van der Waals surface area contributed by atoms with E-state index in [9.17, 15) is 27.2 Å². The lowest BCUT2D eigenvalue weighted by Crippen LogP contribution is -2.72. The molecule has 0 aromatic heterocycles. The zero-order chi connectivity index (χ0) is 18.4. The Hall–Kier alpha value is -2.16. The Balaban J connectivity index is 3.01. The Morgan fingerprint density at radius 3 is 2.33 bits per heavy atom. The summed E-state index contributed by atoms with van der Waals surface area (Å²) < 4.78 is 58.4. The van der Waals surface area contributed by atoms with Crippen molar-refractivity contribution in [2.24, 2.45) is 0 Å². The van der Waals surface area contributed by atoms with E-state index in [2.05, 4.69) is 4.74 Å². The third-order valence-corrected chi connectivity index (χ3v) is 3.11. The van der Waals surface area contributed by atoms with Crippen LogP contribution in [0.3, 0.4) is 0 Å². The van der Waals surface area contributed by atoms with Crippen LogP contribution in [-0.4, -0.2) is 36.9 Å². The Bertz CT molecular complexity index is 592. The minimum Gasteiger partial charge on any atom is -0.463 e. The number of esters is 1. The lowest BCUT2D eigenvalue weighted by molar-refractivity contribution is -0.221. The van der Waals surface area contributed by atoms with Gasteiger partial charge in [0, 0.05) is 13.5 Å². The van der Waals surface area contributed by atoms with Gasteiger partial charge in [-0.05, 0) is 25.0 Å². The van der Waals surface area contributed by atoms with Gasteiger partial charge in [0.1, 0.15) is 5.82 Å². The van der Waals surface area contributed by atoms with Crippen LogP contribution in [0.1, 0.15) is 19.4 Å². The first-order valence-corrected chi connectivity index (χ1v) is 7.15. The van der Waals surface area contributed by atoms with Gasteiger partial charge in [-0.3, -0.25) is 10.1 Å². The molecule has 9 heteroatoms. The van der Waals surface area contributed by atoms with E-state index in [1.54, 1.807) is 5.32 Å². The Morgan fingerprint density at radius 1 is 1.21 bits per heavy atom. The van der Waals surface area contributed by atoms with Crippen molar-refractivity contribution in [3.05, 3.63) is 35.6 Å². The summed E-state index contributed by atoms with van der Waals surface area (Å²) in [5.74, 6) is -3.33. The molecule has 1 aromatic carbocycles. The molecule has 1 aromatic rings. The van der Waals surface area contributed by atoms with Gasteiger partial charge in [-0.15, -0.1) is 0 Å². The predicted molar refractivity (Wildman–Crippen MR) is 77.3 cm³/mol. The second kappa shape index (κ2) is 8.09. The minimum atomic E-state index is -5.15. The molecule has 1 amide bonds. The standard InChI is InChI=1S/C15H18F4N2O3/c1-3-24-13(23)14(15(17,18)19,21-10(2)22)20-9-8-11-6-4-5-7-12(11)16/h4-7,20H,3,8-9H2,1-2H3,(H,21,22)/t14-/m1/s1. The van der Waals surface area contributed by atoms with Crippen LogP contribution < -0.4 is 10.6 Å². The van der Waals surface area contributed by atoms with Gasteiger partial charge in [0.25, 0.3) is 5.66 Å². The number of carbonyl (C=O) groups is 2. The van der Waals surface area contributed by atoms with Gasteiger partial charge in [-0.2, -0.15) is 13.2 Å². The fourth-order valence-electron chi connectivity index (χ4n) is 2.04. The Kier molecular flexibility index (Phi) is 6.70. The molecular formula is C15H18F4N2O3. The van der Waals surface area contributed by atoms with Crippen molar-refractivity contribution < 1.29 is 31.9 Å². The number of benzene rings is 1. The van der Waals surface area contributed by atoms with E-state index in [1.165, 1.54) is 31.2 Å². The molecule has 0 spiro atoms. The zero-order valence-corrected chi connectivity index (χ0v) is 13.2. The van der Waals surface area contributed by atoms with Gasteiger partial charge in [-0.25, -0.2) is 9.18 Å². The Morgan fingerprint density at radius 2 is 1.83 bits per heavy atom. The monoisotopic (exact) mass is 350 g/mol. The number of carbonyl (C=O) groups excluding carboxylic acids is 2. The maximum Gasteiger partial charge on any atom is 0.436 e. The number of hydrogen-bond acceptors (Lipinski definition) is 4. The topological polar surface area (TPSA) is 67.4 Å². The first-order valence-electron chi connectivity index (χ1n) is 7.15. The summed E-state index contributed by atoms with van der Waals surface area (Å²) in [7, 11) is 0. The molecule has 0 saturated heterocycles. The molecule has 1 atom stereocenters. The fraction of sp³-hybridized carbons (Fsp3) is 0.467. The van der Waals surface area contributed by atoms with Gasteiger partial charge in [0.05, 0.1) is 6.61 Å².